The van der Waals surface area contributed by atoms with E-state index in [4.69, 9.17) is 0 Å². The number of hydrogen-bond acceptors (Lipinski definition) is 3. The number of rotatable bonds is 4. The van der Waals surface area contributed by atoms with Gasteiger partial charge >= 0.3 is 0 Å². The van der Waals surface area contributed by atoms with Crippen molar-refractivity contribution in [1.82, 2.24) is 4.39 Å². The third-order valence-corrected chi connectivity index (χ3v) is 11.9. The molecule has 7 heteroatoms. The Morgan fingerprint density at radius 3 is 2.05 bits per heavy atom. The molecule has 22 heavy (non-hydrogen) atoms. The number of hydrogen-bond donors (Lipinski definition) is 2. The van der Waals surface area contributed by atoms with Gasteiger partial charge < -0.3 is 5.11 Å². The average Bonchev–Trinajstić information content (AvgIpc) is 2.24. The molecule has 0 bridgehead atoms. The average molecular weight is 348 g/mol. The molecule has 0 saturated heterocycles. The second-order valence-electron chi connectivity index (χ2n) is 7.68. The molecule has 0 heterocycles. The molecule has 0 unspecified atom stereocenters. The molecule has 4 nitrogen and oxygen atoms in total. The molecule has 0 atom stereocenters. The Kier molecular flexibility index (Phi) is 5.00. The van der Waals surface area contributed by atoms with Crippen LogP contribution in [0.2, 0.25) is 18.1 Å². The zero-order valence-corrected chi connectivity index (χ0v) is 16.1. The van der Waals surface area contributed by atoms with Crippen molar-refractivity contribution in [2.45, 2.75) is 63.2 Å². The van der Waals surface area contributed by atoms with Crippen LogP contribution in [0.25, 0.3) is 0 Å². The normalized spacial score (nSPS) is 14.2. The zero-order chi connectivity index (χ0) is 17.6. The summed E-state index contributed by atoms with van der Waals surface area (Å²) in [6.45, 7) is 12.7. The van der Waals surface area contributed by atoms with Crippen LogP contribution in [0.3, 0.4) is 0 Å². The molecule has 0 aliphatic carbocycles. The summed E-state index contributed by atoms with van der Waals surface area (Å²) in [7, 11) is -6.37. The predicted octanol–water partition coefficient (Wildman–Crippen LogP) is 3.34. The van der Waals surface area contributed by atoms with Crippen LogP contribution in [0.5, 0.6) is 0 Å². The second kappa shape index (κ2) is 5.70. The third kappa shape index (κ3) is 4.16. The summed E-state index contributed by atoms with van der Waals surface area (Å²) in [6, 6.07) is 3.67. The summed E-state index contributed by atoms with van der Waals surface area (Å²) in [5.41, 5.74) is -0.890. The fraction of sp³-hybridized carbons (Fsp3) is 0.600. The fourth-order valence-electron chi connectivity index (χ4n) is 1.63. The van der Waals surface area contributed by atoms with Crippen molar-refractivity contribution in [2.24, 2.45) is 0 Å². The van der Waals surface area contributed by atoms with Crippen molar-refractivity contribution in [3.63, 3.8) is 0 Å². The van der Waals surface area contributed by atoms with Crippen LogP contribution in [-0.4, -0.2) is 21.8 Å². The molecule has 0 radical (unpaired) electrons. The second-order valence-corrected chi connectivity index (χ2v) is 14.7. The number of halogens is 1. The molecule has 0 aliphatic heterocycles. The summed E-state index contributed by atoms with van der Waals surface area (Å²) >= 11 is 0. The van der Waals surface area contributed by atoms with Gasteiger partial charge in [0.2, 0.25) is 10.0 Å². The van der Waals surface area contributed by atoms with Gasteiger partial charge in [-0.2, -0.15) is 0 Å². The lowest BCUT2D eigenvalue weighted by Crippen LogP contribution is -2.54. The van der Waals surface area contributed by atoms with E-state index in [0.717, 1.165) is 6.07 Å². The van der Waals surface area contributed by atoms with E-state index in [1.807, 2.05) is 33.9 Å². The number of benzene rings is 1. The van der Waals surface area contributed by atoms with E-state index in [-0.39, 0.29) is 5.04 Å². The highest BCUT2D eigenvalue weighted by Gasteiger charge is 2.40. The molecule has 0 amide bonds. The summed E-state index contributed by atoms with van der Waals surface area (Å²) in [6.07, 6.45) is 0. The van der Waals surface area contributed by atoms with Gasteiger partial charge in [0.15, 0.2) is 0 Å². The first-order valence-electron chi connectivity index (χ1n) is 7.14. The van der Waals surface area contributed by atoms with Crippen LogP contribution in [0.15, 0.2) is 23.1 Å². The van der Waals surface area contributed by atoms with Crippen molar-refractivity contribution in [2.75, 3.05) is 0 Å². The first-order valence-corrected chi connectivity index (χ1v) is 11.6. The summed E-state index contributed by atoms with van der Waals surface area (Å²) in [4.78, 5) is -0.419. The Hall–Kier alpha value is -0.763. The smallest absolute Gasteiger partial charge is 0.237 e. The molecule has 0 spiro atoms. The molecule has 0 aromatic heterocycles. The van der Waals surface area contributed by atoms with Crippen LogP contribution < -0.4 is 4.39 Å². The molecule has 0 aliphatic rings. The minimum Gasteiger partial charge on any atom is -0.386 e. The maximum Gasteiger partial charge on any atom is 0.237 e. The van der Waals surface area contributed by atoms with Crippen LogP contribution in [0.4, 0.5) is 4.39 Å². The van der Waals surface area contributed by atoms with E-state index in [2.05, 4.69) is 4.39 Å². The number of sulfonamides is 1. The summed E-state index contributed by atoms with van der Waals surface area (Å²) in [5.74, 6) is -0.820. The number of aliphatic hydroxyl groups is 1. The predicted molar refractivity (Wildman–Crippen MR) is 89.2 cm³/mol. The van der Waals surface area contributed by atoms with Crippen molar-refractivity contribution >= 4 is 18.3 Å². The lowest BCUT2D eigenvalue weighted by molar-refractivity contribution is 0.0782. The lowest BCUT2D eigenvalue weighted by atomic mass is 9.99. The minimum absolute atomic E-state index is 0.218. The molecular formula is C15H26FNO3SSi. The Morgan fingerprint density at radius 2 is 1.64 bits per heavy atom. The summed E-state index contributed by atoms with van der Waals surface area (Å²) < 4.78 is 41.9. The highest BCUT2D eigenvalue weighted by Crippen LogP contribution is 2.35. The van der Waals surface area contributed by atoms with E-state index in [9.17, 15) is 17.9 Å². The molecule has 0 saturated carbocycles. The zero-order valence-electron chi connectivity index (χ0n) is 14.3. The van der Waals surface area contributed by atoms with Gasteiger partial charge in [0.25, 0.3) is 0 Å². The molecule has 126 valence electrons. The maximum atomic E-state index is 14.0. The van der Waals surface area contributed by atoms with Crippen LogP contribution in [0.1, 0.15) is 40.2 Å². The Bertz CT molecular complexity index is 658. The van der Waals surface area contributed by atoms with Crippen molar-refractivity contribution in [3.8, 4) is 0 Å². The van der Waals surface area contributed by atoms with E-state index in [0.29, 0.717) is 5.56 Å². The van der Waals surface area contributed by atoms with Gasteiger partial charge in [-0.3, -0.25) is 0 Å². The van der Waals surface area contributed by atoms with Crippen molar-refractivity contribution in [3.05, 3.63) is 29.6 Å². The Morgan fingerprint density at radius 1 is 1.14 bits per heavy atom. The third-order valence-electron chi connectivity index (χ3n) is 4.19. The first kappa shape index (κ1) is 19.3. The van der Waals surface area contributed by atoms with Gasteiger partial charge in [0.05, 0.1) is 5.60 Å². The molecule has 0 fully saturated rings. The van der Waals surface area contributed by atoms with Gasteiger partial charge in [0, 0.05) is 0 Å². The van der Waals surface area contributed by atoms with Crippen LogP contribution in [-0.2, 0) is 15.6 Å². The Balaban J connectivity index is 3.36. The van der Waals surface area contributed by atoms with Gasteiger partial charge in [-0.25, -0.2) is 17.2 Å². The number of nitrogens with one attached hydrogen (secondary N) is 1. The summed E-state index contributed by atoms with van der Waals surface area (Å²) in [5, 5.41) is 9.79. The van der Waals surface area contributed by atoms with Gasteiger partial charge in [-0.1, -0.05) is 39.9 Å². The van der Waals surface area contributed by atoms with Crippen molar-refractivity contribution in [1.29, 1.82) is 0 Å². The van der Waals surface area contributed by atoms with E-state index in [1.54, 1.807) is 0 Å². The molecule has 1 rings (SSSR count). The topological polar surface area (TPSA) is 66.4 Å². The Labute approximate surface area is 133 Å². The highest BCUT2D eigenvalue weighted by atomic mass is 32.2. The van der Waals surface area contributed by atoms with Gasteiger partial charge in [-0.15, -0.1) is 0 Å². The van der Waals surface area contributed by atoms with Crippen LogP contribution >= 0.6 is 0 Å². The van der Waals surface area contributed by atoms with Gasteiger partial charge in [0.1, 0.15) is 18.9 Å². The standard InChI is InChI=1S/C15H26FNO3SSi/c1-14(2,3)22(6,7)17-21(19,20)13-10-11(15(4,5)18)8-9-12(13)16/h8-10,17-18H,1-7H3. The lowest BCUT2D eigenvalue weighted by Gasteiger charge is -2.36. The molecule has 1 aromatic rings. The van der Waals surface area contributed by atoms with Crippen LogP contribution in [0, 0.1) is 5.82 Å². The quantitative estimate of drug-likeness (QED) is 0.821. The molecule has 2 N–H and O–H groups in total. The SMILES string of the molecule is CC(C)(O)c1ccc(F)c(S(=O)(=O)N[Si](C)(C)C(C)(C)C)c1. The first-order chi connectivity index (χ1) is 9.58. The largest absolute Gasteiger partial charge is 0.386 e. The van der Waals surface area contributed by atoms with Gasteiger partial charge in [-0.05, 0) is 36.6 Å². The minimum atomic E-state index is -3.99. The maximum absolute atomic E-state index is 14.0. The van der Waals surface area contributed by atoms with E-state index in [1.165, 1.54) is 26.0 Å². The molecular weight excluding hydrogens is 321 g/mol. The van der Waals surface area contributed by atoms with E-state index >= 15 is 0 Å². The van der Waals surface area contributed by atoms with Crippen molar-refractivity contribution < 1.29 is 17.9 Å². The van der Waals surface area contributed by atoms with E-state index < -0.39 is 34.6 Å². The molecule has 1 aromatic carbocycles. The monoisotopic (exact) mass is 347 g/mol. The fourth-order valence-corrected chi connectivity index (χ4v) is 6.59. The highest BCUT2D eigenvalue weighted by molar-refractivity contribution is 7.91.